The maximum atomic E-state index is 8.64. The van der Waals surface area contributed by atoms with E-state index >= 15 is 0 Å². The van der Waals surface area contributed by atoms with Gasteiger partial charge in [-0.05, 0) is 46.9 Å². The maximum Gasteiger partial charge on any atom is 0.0621 e. The van der Waals surface area contributed by atoms with E-state index in [1.54, 1.807) is 11.3 Å². The fourth-order valence-corrected chi connectivity index (χ4v) is 2.67. The van der Waals surface area contributed by atoms with Crippen LogP contribution >= 0.6 is 11.3 Å². The van der Waals surface area contributed by atoms with Gasteiger partial charge in [0.2, 0.25) is 0 Å². The zero-order chi connectivity index (χ0) is 13.0. The number of anilines is 1. The van der Waals surface area contributed by atoms with E-state index in [0.29, 0.717) is 6.42 Å². The van der Waals surface area contributed by atoms with Crippen LogP contribution in [0.3, 0.4) is 0 Å². The minimum atomic E-state index is 0.152. The van der Waals surface area contributed by atoms with Crippen LogP contribution in [0.25, 0.3) is 10.1 Å². The summed E-state index contributed by atoms with van der Waals surface area (Å²) < 4.78 is 1.32. The van der Waals surface area contributed by atoms with Crippen LogP contribution in [0.1, 0.15) is 26.7 Å². The van der Waals surface area contributed by atoms with Crippen molar-refractivity contribution < 1.29 is 0 Å². The van der Waals surface area contributed by atoms with E-state index in [1.165, 1.54) is 10.1 Å². The van der Waals surface area contributed by atoms with E-state index in [1.807, 2.05) is 0 Å². The van der Waals surface area contributed by atoms with E-state index in [-0.39, 0.29) is 5.41 Å². The highest BCUT2D eigenvalue weighted by atomic mass is 32.1. The molecule has 0 fully saturated rings. The first-order valence-electron chi connectivity index (χ1n) is 6.19. The number of nitriles is 1. The topological polar surface area (TPSA) is 35.8 Å². The quantitative estimate of drug-likeness (QED) is 0.847. The first-order valence-corrected chi connectivity index (χ1v) is 7.07. The molecule has 1 N–H and O–H groups in total. The normalized spacial score (nSPS) is 11.4. The van der Waals surface area contributed by atoms with E-state index in [0.717, 1.165) is 18.7 Å². The number of nitrogens with one attached hydrogen (secondary N) is 1. The predicted molar refractivity (Wildman–Crippen MR) is 78.9 cm³/mol. The van der Waals surface area contributed by atoms with Gasteiger partial charge in [-0.2, -0.15) is 5.26 Å². The smallest absolute Gasteiger partial charge is 0.0621 e. The monoisotopic (exact) mass is 258 g/mol. The summed E-state index contributed by atoms with van der Waals surface area (Å²) in [7, 11) is 0. The molecule has 2 aromatic rings. The molecule has 0 aliphatic heterocycles. The second kappa shape index (κ2) is 5.41. The van der Waals surface area contributed by atoms with Gasteiger partial charge < -0.3 is 5.32 Å². The van der Waals surface area contributed by atoms with E-state index in [4.69, 9.17) is 5.26 Å². The highest BCUT2D eigenvalue weighted by Crippen LogP contribution is 2.26. The Bertz CT molecular complexity index is 563. The van der Waals surface area contributed by atoms with Gasteiger partial charge in [-0.15, -0.1) is 11.3 Å². The zero-order valence-corrected chi connectivity index (χ0v) is 11.7. The van der Waals surface area contributed by atoms with Gasteiger partial charge in [-0.1, -0.05) is 13.8 Å². The molecule has 3 heteroatoms. The summed E-state index contributed by atoms with van der Waals surface area (Å²) in [4.78, 5) is 0. The predicted octanol–water partition coefficient (Wildman–Crippen LogP) is 4.64. The lowest BCUT2D eigenvalue weighted by atomic mass is 9.88. The van der Waals surface area contributed by atoms with Crippen LogP contribution < -0.4 is 5.32 Å². The Kier molecular flexibility index (Phi) is 3.88. The van der Waals surface area contributed by atoms with Gasteiger partial charge in [-0.3, -0.25) is 0 Å². The van der Waals surface area contributed by atoms with E-state index in [9.17, 15) is 0 Å². The van der Waals surface area contributed by atoms with Crippen LogP contribution in [0.15, 0.2) is 29.6 Å². The highest BCUT2D eigenvalue weighted by Gasteiger charge is 2.16. The molecular formula is C15H18N2S. The maximum absolute atomic E-state index is 8.64. The molecule has 1 heterocycles. The first kappa shape index (κ1) is 12.9. The lowest BCUT2D eigenvalue weighted by Crippen LogP contribution is -2.22. The number of fused-ring (bicyclic) bond motifs is 1. The third kappa shape index (κ3) is 3.24. The number of benzene rings is 1. The van der Waals surface area contributed by atoms with Crippen LogP contribution in [0, 0.1) is 16.7 Å². The zero-order valence-electron chi connectivity index (χ0n) is 10.9. The first-order chi connectivity index (χ1) is 8.61. The van der Waals surface area contributed by atoms with Crippen LogP contribution in [0.5, 0.6) is 0 Å². The Labute approximate surface area is 112 Å². The second-order valence-corrected chi connectivity index (χ2v) is 6.30. The molecule has 1 aromatic carbocycles. The van der Waals surface area contributed by atoms with Gasteiger partial charge >= 0.3 is 0 Å². The van der Waals surface area contributed by atoms with Crippen molar-refractivity contribution in [2.45, 2.75) is 26.7 Å². The summed E-state index contributed by atoms with van der Waals surface area (Å²) in [5.41, 5.74) is 1.31. The standard InChI is InChI=1S/C15H18N2S/c1-15(2,7-3-8-16)11-17-13-4-5-14-12(10-13)6-9-18-14/h4-6,9-10,17H,3,7,11H2,1-2H3. The average Bonchev–Trinajstić information content (AvgIpc) is 2.81. The lowest BCUT2D eigenvalue weighted by Gasteiger charge is -2.24. The van der Waals surface area contributed by atoms with Gasteiger partial charge in [0.15, 0.2) is 0 Å². The molecule has 0 saturated heterocycles. The van der Waals surface area contributed by atoms with Crippen molar-refractivity contribution >= 4 is 27.1 Å². The fraction of sp³-hybridized carbons (Fsp3) is 0.400. The summed E-state index contributed by atoms with van der Waals surface area (Å²) in [6, 6.07) is 10.8. The molecular weight excluding hydrogens is 240 g/mol. The van der Waals surface area contributed by atoms with Crippen LogP contribution in [0.2, 0.25) is 0 Å². The lowest BCUT2D eigenvalue weighted by molar-refractivity contribution is 0.364. The van der Waals surface area contributed by atoms with Crippen LogP contribution in [0.4, 0.5) is 5.69 Å². The van der Waals surface area contributed by atoms with Crippen molar-refractivity contribution in [3.05, 3.63) is 29.6 Å². The summed E-state index contributed by atoms with van der Waals surface area (Å²) in [6.07, 6.45) is 1.55. The molecule has 0 atom stereocenters. The third-order valence-electron chi connectivity index (χ3n) is 3.14. The number of thiophene rings is 1. The molecule has 1 aromatic heterocycles. The Hall–Kier alpha value is -1.53. The molecule has 0 saturated carbocycles. The van der Waals surface area contributed by atoms with E-state index in [2.05, 4.69) is 54.9 Å². The molecule has 0 bridgehead atoms. The van der Waals surface area contributed by atoms with Crippen molar-refractivity contribution in [3.63, 3.8) is 0 Å². The molecule has 0 aliphatic rings. The van der Waals surface area contributed by atoms with E-state index < -0.39 is 0 Å². The molecule has 94 valence electrons. The Morgan fingerprint density at radius 1 is 1.33 bits per heavy atom. The van der Waals surface area contributed by atoms with Gasteiger partial charge in [-0.25, -0.2) is 0 Å². The fourth-order valence-electron chi connectivity index (χ4n) is 1.90. The molecule has 2 rings (SSSR count). The third-order valence-corrected chi connectivity index (χ3v) is 4.03. The number of hydrogen-bond acceptors (Lipinski definition) is 3. The summed E-state index contributed by atoms with van der Waals surface area (Å²) >= 11 is 1.77. The number of nitrogens with zero attached hydrogens (tertiary/aromatic N) is 1. The van der Waals surface area contributed by atoms with Crippen molar-refractivity contribution in [2.24, 2.45) is 5.41 Å². The Morgan fingerprint density at radius 2 is 2.17 bits per heavy atom. The molecule has 0 amide bonds. The molecule has 0 radical (unpaired) electrons. The summed E-state index contributed by atoms with van der Waals surface area (Å²) in [5.74, 6) is 0. The summed E-state index contributed by atoms with van der Waals surface area (Å²) in [6.45, 7) is 5.28. The van der Waals surface area contributed by atoms with Crippen molar-refractivity contribution in [3.8, 4) is 6.07 Å². The van der Waals surface area contributed by atoms with Crippen LogP contribution in [-0.2, 0) is 0 Å². The molecule has 0 spiro atoms. The van der Waals surface area contributed by atoms with Gasteiger partial charge in [0.05, 0.1) is 6.07 Å². The van der Waals surface area contributed by atoms with Crippen LogP contribution in [-0.4, -0.2) is 6.54 Å². The largest absolute Gasteiger partial charge is 0.384 e. The number of hydrogen-bond donors (Lipinski definition) is 1. The molecule has 2 nitrogen and oxygen atoms in total. The SMILES string of the molecule is CC(C)(CCC#N)CNc1ccc2sccc2c1. The van der Waals surface area contributed by atoms with Gasteiger partial charge in [0.25, 0.3) is 0 Å². The minimum Gasteiger partial charge on any atom is -0.384 e. The number of rotatable bonds is 5. The molecule has 18 heavy (non-hydrogen) atoms. The Morgan fingerprint density at radius 3 is 2.94 bits per heavy atom. The molecule has 0 unspecified atom stereocenters. The Balaban J connectivity index is 1.99. The summed E-state index contributed by atoms with van der Waals surface area (Å²) in [5, 5.41) is 15.5. The van der Waals surface area contributed by atoms with Crippen molar-refractivity contribution in [1.29, 1.82) is 5.26 Å². The second-order valence-electron chi connectivity index (χ2n) is 5.35. The molecule has 0 aliphatic carbocycles. The van der Waals surface area contributed by atoms with Gasteiger partial charge in [0, 0.05) is 23.4 Å². The highest BCUT2D eigenvalue weighted by molar-refractivity contribution is 7.17. The minimum absolute atomic E-state index is 0.152. The van der Waals surface area contributed by atoms with Crippen molar-refractivity contribution in [2.75, 3.05) is 11.9 Å². The van der Waals surface area contributed by atoms with Gasteiger partial charge in [0.1, 0.15) is 0 Å². The van der Waals surface area contributed by atoms with Crippen molar-refractivity contribution in [1.82, 2.24) is 0 Å². The average molecular weight is 258 g/mol.